The standard InChI is InChI=1S/C18H17N3/c1-3-20-16-6-4-5-7-17(16)21-12-15(19-18(20)21)14-10-8-13(2)9-11-14/h4-12H,3H2,1-2H3. The SMILES string of the molecule is CCn1c2ccccc2n2cc(-c3ccc(C)cc3)nc12. The second-order valence-corrected chi connectivity index (χ2v) is 5.40. The lowest BCUT2D eigenvalue weighted by Crippen LogP contribution is -1.94. The number of aryl methyl sites for hydroxylation is 2. The number of imidazole rings is 2. The summed E-state index contributed by atoms with van der Waals surface area (Å²) in [5.41, 5.74) is 5.90. The first kappa shape index (κ1) is 12.2. The van der Waals surface area contributed by atoms with Crippen molar-refractivity contribution >= 4 is 16.8 Å². The van der Waals surface area contributed by atoms with Gasteiger partial charge in [-0.15, -0.1) is 0 Å². The molecule has 0 amide bonds. The van der Waals surface area contributed by atoms with E-state index in [0.717, 1.165) is 23.6 Å². The Labute approximate surface area is 123 Å². The van der Waals surface area contributed by atoms with Crippen molar-refractivity contribution in [2.24, 2.45) is 0 Å². The molecule has 3 nitrogen and oxygen atoms in total. The highest BCUT2D eigenvalue weighted by Crippen LogP contribution is 2.25. The van der Waals surface area contributed by atoms with Crippen LogP contribution >= 0.6 is 0 Å². The van der Waals surface area contributed by atoms with Crippen LogP contribution in [0.2, 0.25) is 0 Å². The van der Waals surface area contributed by atoms with Crippen LogP contribution in [0.5, 0.6) is 0 Å². The summed E-state index contributed by atoms with van der Waals surface area (Å²) in [5, 5.41) is 0. The molecule has 2 aromatic carbocycles. The van der Waals surface area contributed by atoms with Gasteiger partial charge in [-0.25, -0.2) is 4.98 Å². The largest absolute Gasteiger partial charge is 0.310 e. The molecule has 4 aromatic rings. The minimum Gasteiger partial charge on any atom is -0.310 e. The molecule has 0 atom stereocenters. The zero-order valence-corrected chi connectivity index (χ0v) is 12.2. The maximum absolute atomic E-state index is 4.85. The molecule has 0 saturated carbocycles. The van der Waals surface area contributed by atoms with Gasteiger partial charge in [-0.3, -0.25) is 4.40 Å². The monoisotopic (exact) mass is 275 g/mol. The van der Waals surface area contributed by atoms with Crippen LogP contribution in [0.25, 0.3) is 28.1 Å². The van der Waals surface area contributed by atoms with Crippen molar-refractivity contribution < 1.29 is 0 Å². The smallest absolute Gasteiger partial charge is 0.215 e. The Balaban J connectivity index is 2.00. The Hall–Kier alpha value is -2.55. The molecular formula is C18H17N3. The van der Waals surface area contributed by atoms with E-state index in [9.17, 15) is 0 Å². The van der Waals surface area contributed by atoms with Crippen LogP contribution in [-0.2, 0) is 6.54 Å². The lowest BCUT2D eigenvalue weighted by molar-refractivity contribution is 0.807. The fraction of sp³-hybridized carbons (Fsp3) is 0.167. The van der Waals surface area contributed by atoms with Crippen molar-refractivity contribution in [3.63, 3.8) is 0 Å². The molecule has 0 aliphatic carbocycles. The van der Waals surface area contributed by atoms with E-state index >= 15 is 0 Å². The van der Waals surface area contributed by atoms with Crippen LogP contribution in [-0.4, -0.2) is 14.0 Å². The lowest BCUT2D eigenvalue weighted by atomic mass is 10.1. The molecule has 0 unspecified atom stereocenters. The number of aromatic nitrogens is 3. The van der Waals surface area contributed by atoms with Crippen molar-refractivity contribution in [1.29, 1.82) is 0 Å². The fourth-order valence-electron chi connectivity index (χ4n) is 2.92. The molecule has 0 aliphatic heterocycles. The topological polar surface area (TPSA) is 22.2 Å². The van der Waals surface area contributed by atoms with Crippen molar-refractivity contribution in [1.82, 2.24) is 14.0 Å². The maximum atomic E-state index is 4.85. The summed E-state index contributed by atoms with van der Waals surface area (Å²) >= 11 is 0. The van der Waals surface area contributed by atoms with Crippen LogP contribution in [0.1, 0.15) is 12.5 Å². The van der Waals surface area contributed by atoms with E-state index < -0.39 is 0 Å². The normalized spacial score (nSPS) is 11.5. The Bertz CT molecular complexity index is 926. The van der Waals surface area contributed by atoms with E-state index in [1.54, 1.807) is 0 Å². The van der Waals surface area contributed by atoms with Crippen LogP contribution < -0.4 is 0 Å². The van der Waals surface area contributed by atoms with Crippen molar-refractivity contribution in [3.8, 4) is 11.3 Å². The van der Waals surface area contributed by atoms with Crippen LogP contribution in [0.15, 0.2) is 54.7 Å². The highest BCUT2D eigenvalue weighted by molar-refractivity contribution is 5.82. The Morgan fingerprint density at radius 3 is 2.38 bits per heavy atom. The van der Waals surface area contributed by atoms with E-state index in [-0.39, 0.29) is 0 Å². The number of hydrogen-bond donors (Lipinski definition) is 0. The summed E-state index contributed by atoms with van der Waals surface area (Å²) < 4.78 is 4.45. The van der Waals surface area contributed by atoms with Gasteiger partial charge in [0.2, 0.25) is 5.78 Å². The Morgan fingerprint density at radius 1 is 0.952 bits per heavy atom. The van der Waals surface area contributed by atoms with Gasteiger partial charge in [0, 0.05) is 18.3 Å². The number of hydrogen-bond acceptors (Lipinski definition) is 1. The highest BCUT2D eigenvalue weighted by atomic mass is 15.2. The first-order chi connectivity index (χ1) is 10.3. The van der Waals surface area contributed by atoms with Crippen LogP contribution in [0.4, 0.5) is 0 Å². The Morgan fingerprint density at radius 2 is 1.67 bits per heavy atom. The zero-order chi connectivity index (χ0) is 14.4. The minimum atomic E-state index is 0.918. The summed E-state index contributed by atoms with van der Waals surface area (Å²) in [6.07, 6.45) is 2.13. The summed E-state index contributed by atoms with van der Waals surface area (Å²) in [4.78, 5) is 4.85. The molecule has 0 aliphatic rings. The van der Waals surface area contributed by atoms with Crippen molar-refractivity contribution in [2.45, 2.75) is 20.4 Å². The molecule has 0 radical (unpaired) electrons. The Kier molecular flexibility index (Phi) is 2.61. The zero-order valence-electron chi connectivity index (χ0n) is 12.2. The number of para-hydroxylation sites is 2. The predicted octanol–water partition coefficient (Wildman–Crippen LogP) is 4.28. The number of benzene rings is 2. The third kappa shape index (κ3) is 1.77. The molecule has 2 heterocycles. The van der Waals surface area contributed by atoms with Gasteiger partial charge in [0.15, 0.2) is 0 Å². The molecular weight excluding hydrogens is 258 g/mol. The third-order valence-corrected chi connectivity index (χ3v) is 4.02. The van der Waals surface area contributed by atoms with E-state index in [4.69, 9.17) is 4.98 Å². The van der Waals surface area contributed by atoms with Gasteiger partial charge < -0.3 is 4.57 Å². The van der Waals surface area contributed by atoms with Gasteiger partial charge in [-0.1, -0.05) is 42.0 Å². The summed E-state index contributed by atoms with van der Waals surface area (Å²) in [6, 6.07) is 17.0. The van der Waals surface area contributed by atoms with E-state index in [1.807, 2.05) is 0 Å². The van der Waals surface area contributed by atoms with Crippen molar-refractivity contribution in [3.05, 3.63) is 60.3 Å². The second kappa shape index (κ2) is 4.48. The van der Waals surface area contributed by atoms with E-state index in [2.05, 4.69) is 77.5 Å². The van der Waals surface area contributed by atoms with Gasteiger partial charge in [-0.2, -0.15) is 0 Å². The third-order valence-electron chi connectivity index (χ3n) is 4.02. The molecule has 2 aromatic heterocycles. The van der Waals surface area contributed by atoms with Gasteiger partial charge in [0.1, 0.15) is 0 Å². The first-order valence-corrected chi connectivity index (χ1v) is 7.31. The average Bonchev–Trinajstić information content (AvgIpc) is 3.05. The summed E-state index contributed by atoms with van der Waals surface area (Å²) in [7, 11) is 0. The highest BCUT2D eigenvalue weighted by Gasteiger charge is 2.13. The second-order valence-electron chi connectivity index (χ2n) is 5.40. The van der Waals surface area contributed by atoms with Gasteiger partial charge in [-0.05, 0) is 26.0 Å². The summed E-state index contributed by atoms with van der Waals surface area (Å²) in [5.74, 6) is 1.01. The fourth-order valence-corrected chi connectivity index (χ4v) is 2.92. The van der Waals surface area contributed by atoms with E-state index in [0.29, 0.717) is 0 Å². The molecule has 4 rings (SSSR count). The van der Waals surface area contributed by atoms with Crippen molar-refractivity contribution in [2.75, 3.05) is 0 Å². The molecule has 21 heavy (non-hydrogen) atoms. The van der Waals surface area contributed by atoms with Crippen LogP contribution in [0.3, 0.4) is 0 Å². The van der Waals surface area contributed by atoms with Gasteiger partial charge in [0.05, 0.1) is 16.7 Å². The molecule has 3 heteroatoms. The molecule has 0 fully saturated rings. The molecule has 0 saturated heterocycles. The van der Waals surface area contributed by atoms with Gasteiger partial charge in [0.25, 0.3) is 0 Å². The first-order valence-electron chi connectivity index (χ1n) is 7.31. The molecule has 0 spiro atoms. The molecule has 0 N–H and O–H groups in total. The summed E-state index contributed by atoms with van der Waals surface area (Å²) in [6.45, 7) is 5.18. The van der Waals surface area contributed by atoms with E-state index in [1.165, 1.54) is 16.6 Å². The van der Waals surface area contributed by atoms with Gasteiger partial charge >= 0.3 is 0 Å². The predicted molar refractivity (Wildman–Crippen MR) is 86.5 cm³/mol. The molecule has 104 valence electrons. The average molecular weight is 275 g/mol. The minimum absolute atomic E-state index is 0.918. The lowest BCUT2D eigenvalue weighted by Gasteiger charge is -2.00. The maximum Gasteiger partial charge on any atom is 0.215 e. The van der Waals surface area contributed by atoms with Crippen LogP contribution in [0, 0.1) is 6.92 Å². The number of nitrogens with zero attached hydrogens (tertiary/aromatic N) is 3. The number of rotatable bonds is 2. The molecule has 0 bridgehead atoms. The number of fused-ring (bicyclic) bond motifs is 3. The quantitative estimate of drug-likeness (QED) is 0.535.